The monoisotopic (exact) mass is 417 g/mol. The molecule has 0 fully saturated rings. The van der Waals surface area contributed by atoms with Crippen LogP contribution in [0.25, 0.3) is 0 Å². The number of benzene rings is 2. The van der Waals surface area contributed by atoms with Crippen LogP contribution in [0.15, 0.2) is 53.4 Å². The molecule has 0 saturated heterocycles. The standard InChI is InChI=1S/C15H16INO3S/c1-2-15(18)11-5-3-8-14(9-11)21(19,20)17-13-7-4-6-12(16)10-13/h3-10,15,17-18H,2H2,1H3. The lowest BCUT2D eigenvalue weighted by Crippen LogP contribution is -2.13. The maximum absolute atomic E-state index is 12.4. The minimum atomic E-state index is -3.66. The summed E-state index contributed by atoms with van der Waals surface area (Å²) < 4.78 is 28.3. The SMILES string of the molecule is CCC(O)c1cccc(S(=O)(=O)Nc2cccc(I)c2)c1. The average molecular weight is 417 g/mol. The van der Waals surface area contributed by atoms with Gasteiger partial charge in [-0.3, -0.25) is 4.72 Å². The maximum atomic E-state index is 12.4. The zero-order chi connectivity index (χ0) is 15.5. The first-order valence-corrected chi connectivity index (χ1v) is 9.05. The van der Waals surface area contributed by atoms with Gasteiger partial charge in [0.15, 0.2) is 0 Å². The molecule has 0 aromatic heterocycles. The van der Waals surface area contributed by atoms with Gasteiger partial charge >= 0.3 is 0 Å². The Morgan fingerprint density at radius 1 is 1.19 bits per heavy atom. The van der Waals surface area contributed by atoms with E-state index in [1.165, 1.54) is 12.1 Å². The first-order chi connectivity index (χ1) is 9.92. The van der Waals surface area contributed by atoms with Gasteiger partial charge < -0.3 is 5.11 Å². The third kappa shape index (κ3) is 4.18. The number of aliphatic hydroxyl groups is 1. The molecular formula is C15H16INO3S. The van der Waals surface area contributed by atoms with Crippen LogP contribution in [0.1, 0.15) is 25.0 Å². The summed E-state index contributed by atoms with van der Waals surface area (Å²) in [5, 5.41) is 9.83. The van der Waals surface area contributed by atoms with E-state index < -0.39 is 16.1 Å². The number of hydrogen-bond acceptors (Lipinski definition) is 3. The molecule has 1 atom stereocenters. The van der Waals surface area contributed by atoms with Gasteiger partial charge in [0.05, 0.1) is 11.0 Å². The summed E-state index contributed by atoms with van der Waals surface area (Å²) in [6.07, 6.45) is -0.119. The van der Waals surface area contributed by atoms with E-state index in [4.69, 9.17) is 0 Å². The normalized spacial score (nSPS) is 12.9. The van der Waals surface area contributed by atoms with Gasteiger partial charge in [-0.2, -0.15) is 0 Å². The highest BCUT2D eigenvalue weighted by molar-refractivity contribution is 14.1. The number of rotatable bonds is 5. The van der Waals surface area contributed by atoms with Crippen LogP contribution in [-0.2, 0) is 10.0 Å². The third-order valence-electron chi connectivity index (χ3n) is 3.02. The van der Waals surface area contributed by atoms with Gasteiger partial charge in [-0.05, 0) is 64.9 Å². The van der Waals surface area contributed by atoms with Gasteiger partial charge in [-0.25, -0.2) is 8.42 Å². The molecule has 0 aliphatic heterocycles. The maximum Gasteiger partial charge on any atom is 0.261 e. The highest BCUT2D eigenvalue weighted by atomic mass is 127. The van der Waals surface area contributed by atoms with Crippen molar-refractivity contribution in [1.29, 1.82) is 0 Å². The lowest BCUT2D eigenvalue weighted by molar-refractivity contribution is 0.173. The van der Waals surface area contributed by atoms with E-state index in [-0.39, 0.29) is 4.90 Å². The Kier molecular flexibility index (Phi) is 5.23. The number of aliphatic hydroxyl groups excluding tert-OH is 1. The molecule has 1 unspecified atom stereocenters. The van der Waals surface area contributed by atoms with Crippen molar-refractivity contribution in [2.24, 2.45) is 0 Å². The highest BCUT2D eigenvalue weighted by Crippen LogP contribution is 2.22. The summed E-state index contributed by atoms with van der Waals surface area (Å²) in [4.78, 5) is 0.145. The lowest BCUT2D eigenvalue weighted by atomic mass is 10.1. The Morgan fingerprint density at radius 2 is 1.90 bits per heavy atom. The van der Waals surface area contributed by atoms with Gasteiger partial charge in [0.25, 0.3) is 10.0 Å². The van der Waals surface area contributed by atoms with Crippen molar-refractivity contribution in [3.63, 3.8) is 0 Å². The van der Waals surface area contributed by atoms with Crippen molar-refractivity contribution in [2.45, 2.75) is 24.3 Å². The number of sulfonamides is 1. The number of halogens is 1. The molecule has 0 aliphatic rings. The molecule has 2 N–H and O–H groups in total. The van der Waals surface area contributed by atoms with Crippen molar-refractivity contribution >= 4 is 38.3 Å². The van der Waals surface area contributed by atoms with Crippen LogP contribution in [-0.4, -0.2) is 13.5 Å². The van der Waals surface area contributed by atoms with Gasteiger partial charge in [0, 0.05) is 9.26 Å². The zero-order valence-electron chi connectivity index (χ0n) is 11.5. The predicted octanol–water partition coefficient (Wildman–Crippen LogP) is 3.54. The van der Waals surface area contributed by atoms with E-state index in [9.17, 15) is 13.5 Å². The summed E-state index contributed by atoms with van der Waals surface area (Å²) in [6, 6.07) is 13.5. The van der Waals surface area contributed by atoms with E-state index in [1.54, 1.807) is 30.3 Å². The van der Waals surface area contributed by atoms with E-state index >= 15 is 0 Å². The molecule has 2 aromatic rings. The quantitative estimate of drug-likeness (QED) is 0.732. The van der Waals surface area contributed by atoms with Crippen LogP contribution in [0.5, 0.6) is 0 Å². The molecule has 0 heterocycles. The summed E-state index contributed by atoms with van der Waals surface area (Å²) in [7, 11) is -3.66. The largest absolute Gasteiger partial charge is 0.388 e. The molecule has 0 aliphatic carbocycles. The third-order valence-corrected chi connectivity index (χ3v) is 5.07. The molecule has 2 rings (SSSR count). The second kappa shape index (κ2) is 6.76. The van der Waals surface area contributed by atoms with E-state index in [2.05, 4.69) is 27.3 Å². The number of nitrogens with one attached hydrogen (secondary N) is 1. The Morgan fingerprint density at radius 3 is 2.57 bits per heavy atom. The Balaban J connectivity index is 2.31. The lowest BCUT2D eigenvalue weighted by Gasteiger charge is -2.12. The second-order valence-electron chi connectivity index (χ2n) is 4.61. The van der Waals surface area contributed by atoms with Crippen LogP contribution in [0.3, 0.4) is 0 Å². The van der Waals surface area contributed by atoms with Gasteiger partial charge in [-0.1, -0.05) is 25.1 Å². The molecule has 4 nitrogen and oxygen atoms in total. The fraction of sp³-hybridized carbons (Fsp3) is 0.200. The molecule has 112 valence electrons. The molecule has 0 bridgehead atoms. The molecule has 0 radical (unpaired) electrons. The van der Waals surface area contributed by atoms with E-state index in [0.717, 1.165) is 3.57 Å². The van der Waals surface area contributed by atoms with Crippen LogP contribution < -0.4 is 4.72 Å². The van der Waals surface area contributed by atoms with Crippen molar-refractivity contribution in [2.75, 3.05) is 4.72 Å². The average Bonchev–Trinajstić information content (AvgIpc) is 2.46. The molecule has 6 heteroatoms. The highest BCUT2D eigenvalue weighted by Gasteiger charge is 2.16. The minimum Gasteiger partial charge on any atom is -0.388 e. The molecule has 0 spiro atoms. The fourth-order valence-electron chi connectivity index (χ4n) is 1.89. The van der Waals surface area contributed by atoms with Crippen LogP contribution in [0.4, 0.5) is 5.69 Å². The van der Waals surface area contributed by atoms with Gasteiger partial charge in [0.2, 0.25) is 0 Å². The summed E-state index contributed by atoms with van der Waals surface area (Å²) in [5.74, 6) is 0. The van der Waals surface area contributed by atoms with Crippen LogP contribution >= 0.6 is 22.6 Å². The second-order valence-corrected chi connectivity index (χ2v) is 7.54. The number of anilines is 1. The number of hydrogen-bond donors (Lipinski definition) is 2. The molecule has 0 amide bonds. The topological polar surface area (TPSA) is 66.4 Å². The summed E-state index contributed by atoms with van der Waals surface area (Å²) >= 11 is 2.12. The fourth-order valence-corrected chi connectivity index (χ4v) is 3.54. The Hall–Kier alpha value is -1.12. The van der Waals surface area contributed by atoms with E-state index in [1.807, 2.05) is 13.0 Å². The van der Waals surface area contributed by atoms with Crippen molar-refractivity contribution in [3.05, 3.63) is 57.7 Å². The summed E-state index contributed by atoms with van der Waals surface area (Å²) in [6.45, 7) is 1.84. The smallest absolute Gasteiger partial charge is 0.261 e. The van der Waals surface area contributed by atoms with Gasteiger partial charge in [0.1, 0.15) is 0 Å². The zero-order valence-corrected chi connectivity index (χ0v) is 14.4. The first-order valence-electron chi connectivity index (χ1n) is 6.49. The van der Waals surface area contributed by atoms with Crippen LogP contribution in [0.2, 0.25) is 0 Å². The Labute approximate surface area is 138 Å². The Bertz CT molecular complexity index is 731. The van der Waals surface area contributed by atoms with Crippen molar-refractivity contribution in [3.8, 4) is 0 Å². The van der Waals surface area contributed by atoms with Crippen LogP contribution in [0, 0.1) is 3.57 Å². The first kappa shape index (κ1) is 16.3. The van der Waals surface area contributed by atoms with Gasteiger partial charge in [-0.15, -0.1) is 0 Å². The van der Waals surface area contributed by atoms with Crippen molar-refractivity contribution in [1.82, 2.24) is 0 Å². The molecular weight excluding hydrogens is 401 g/mol. The molecule has 0 saturated carbocycles. The molecule has 21 heavy (non-hydrogen) atoms. The summed E-state index contributed by atoms with van der Waals surface area (Å²) in [5.41, 5.74) is 1.12. The van der Waals surface area contributed by atoms with Crippen molar-refractivity contribution < 1.29 is 13.5 Å². The van der Waals surface area contributed by atoms with E-state index in [0.29, 0.717) is 17.7 Å². The predicted molar refractivity (Wildman–Crippen MR) is 91.7 cm³/mol. The minimum absolute atomic E-state index is 0.145. The molecule has 2 aromatic carbocycles.